The summed E-state index contributed by atoms with van der Waals surface area (Å²) in [5.74, 6) is 1.26. The fraction of sp³-hybridized carbons (Fsp3) is 0.190. The van der Waals surface area contributed by atoms with Crippen molar-refractivity contribution in [2.75, 3.05) is 16.0 Å². The van der Waals surface area contributed by atoms with E-state index in [1.54, 1.807) is 0 Å². The van der Waals surface area contributed by atoms with E-state index < -0.39 is 0 Å². The molecule has 0 bridgehead atoms. The van der Waals surface area contributed by atoms with Crippen molar-refractivity contribution in [1.82, 2.24) is 9.97 Å². The van der Waals surface area contributed by atoms with Crippen LogP contribution in [-0.2, 0) is 4.79 Å². The molecule has 6 nitrogen and oxygen atoms in total. The lowest BCUT2D eigenvalue weighted by atomic mass is 10.1. The van der Waals surface area contributed by atoms with Crippen LogP contribution < -0.4 is 16.0 Å². The summed E-state index contributed by atoms with van der Waals surface area (Å²) in [5, 5.41) is 9.45. The maximum absolute atomic E-state index is 11.1. The van der Waals surface area contributed by atoms with Gasteiger partial charge >= 0.3 is 0 Å². The van der Waals surface area contributed by atoms with Crippen molar-refractivity contribution in [3.63, 3.8) is 0 Å². The Morgan fingerprint density at radius 2 is 1.67 bits per heavy atom. The maximum Gasteiger partial charge on any atom is 0.229 e. The molecule has 4 rings (SSSR count). The number of aromatic nitrogens is 2. The van der Waals surface area contributed by atoms with Crippen LogP contribution in [0.25, 0.3) is 11.3 Å². The molecule has 0 radical (unpaired) electrons. The molecule has 1 saturated carbocycles. The number of amides is 1. The first-order chi connectivity index (χ1) is 13.2. The Morgan fingerprint density at radius 3 is 2.33 bits per heavy atom. The Balaban J connectivity index is 1.59. The number of nitrogens with zero attached hydrogens (tertiary/aromatic N) is 2. The van der Waals surface area contributed by atoms with Gasteiger partial charge in [-0.1, -0.05) is 30.3 Å². The van der Waals surface area contributed by atoms with Gasteiger partial charge in [0, 0.05) is 36.0 Å². The molecule has 6 heteroatoms. The third-order valence-electron chi connectivity index (χ3n) is 4.19. The van der Waals surface area contributed by atoms with E-state index in [0.29, 0.717) is 12.0 Å². The molecule has 1 aliphatic rings. The summed E-state index contributed by atoms with van der Waals surface area (Å²) in [4.78, 5) is 20.4. The second-order valence-electron chi connectivity index (χ2n) is 6.63. The number of carbonyl (C=O) groups excluding carboxylic acids is 1. The Hall–Kier alpha value is -3.41. The smallest absolute Gasteiger partial charge is 0.229 e. The highest BCUT2D eigenvalue weighted by molar-refractivity contribution is 5.88. The number of rotatable bonds is 6. The lowest BCUT2D eigenvalue weighted by Gasteiger charge is -2.11. The second-order valence-corrected chi connectivity index (χ2v) is 6.63. The molecular weight excluding hydrogens is 338 g/mol. The summed E-state index contributed by atoms with van der Waals surface area (Å²) in [6, 6.07) is 20.0. The summed E-state index contributed by atoms with van der Waals surface area (Å²) in [6.45, 7) is 1.49. The maximum atomic E-state index is 11.1. The molecule has 3 aromatic rings. The molecule has 0 unspecified atom stereocenters. The van der Waals surface area contributed by atoms with Gasteiger partial charge in [0.15, 0.2) is 0 Å². The molecule has 1 aliphatic carbocycles. The number of benzene rings is 2. The molecule has 3 N–H and O–H groups in total. The van der Waals surface area contributed by atoms with Crippen LogP contribution in [0.15, 0.2) is 60.7 Å². The molecule has 0 spiro atoms. The second kappa shape index (κ2) is 7.45. The number of anilines is 4. The van der Waals surface area contributed by atoms with Crippen LogP contribution in [0.1, 0.15) is 19.8 Å². The number of nitrogens with one attached hydrogen (secondary N) is 3. The molecule has 1 heterocycles. The molecule has 27 heavy (non-hydrogen) atoms. The van der Waals surface area contributed by atoms with Crippen molar-refractivity contribution in [3.05, 3.63) is 60.7 Å². The van der Waals surface area contributed by atoms with Gasteiger partial charge in [0.1, 0.15) is 5.82 Å². The van der Waals surface area contributed by atoms with Gasteiger partial charge in [-0.15, -0.1) is 0 Å². The van der Waals surface area contributed by atoms with E-state index >= 15 is 0 Å². The lowest BCUT2D eigenvalue weighted by Crippen LogP contribution is -2.07. The van der Waals surface area contributed by atoms with Gasteiger partial charge in [0.05, 0.1) is 5.69 Å². The zero-order valence-corrected chi connectivity index (χ0v) is 15.1. The fourth-order valence-electron chi connectivity index (χ4n) is 2.74. The average Bonchev–Trinajstić information content (AvgIpc) is 3.47. The molecule has 1 fully saturated rings. The molecule has 1 amide bonds. The van der Waals surface area contributed by atoms with Crippen molar-refractivity contribution in [2.24, 2.45) is 0 Å². The SMILES string of the molecule is CC(=O)Nc1ccc(Nc2nc(NC3CC3)cc(-c3ccccc3)n2)cc1. The van der Waals surface area contributed by atoms with Gasteiger partial charge in [-0.05, 0) is 37.1 Å². The van der Waals surface area contributed by atoms with Gasteiger partial charge in [-0.3, -0.25) is 4.79 Å². The normalized spacial score (nSPS) is 13.1. The molecule has 0 saturated heterocycles. The van der Waals surface area contributed by atoms with Crippen molar-refractivity contribution in [2.45, 2.75) is 25.8 Å². The van der Waals surface area contributed by atoms with E-state index in [4.69, 9.17) is 0 Å². The van der Waals surface area contributed by atoms with Gasteiger partial charge in [-0.25, -0.2) is 4.98 Å². The van der Waals surface area contributed by atoms with E-state index in [0.717, 1.165) is 28.5 Å². The highest BCUT2D eigenvalue weighted by atomic mass is 16.1. The first-order valence-corrected chi connectivity index (χ1v) is 9.01. The molecule has 136 valence electrons. The van der Waals surface area contributed by atoms with Crippen LogP contribution in [0.3, 0.4) is 0 Å². The predicted molar refractivity (Wildman–Crippen MR) is 108 cm³/mol. The molecular formula is C21H21N5O. The topological polar surface area (TPSA) is 78.9 Å². The van der Waals surface area contributed by atoms with Gasteiger partial charge < -0.3 is 16.0 Å². The van der Waals surface area contributed by atoms with Crippen LogP contribution >= 0.6 is 0 Å². The summed E-state index contributed by atoms with van der Waals surface area (Å²) in [6.07, 6.45) is 2.36. The van der Waals surface area contributed by atoms with E-state index in [9.17, 15) is 4.79 Å². The van der Waals surface area contributed by atoms with E-state index in [1.165, 1.54) is 19.8 Å². The predicted octanol–water partition coefficient (Wildman–Crippen LogP) is 4.42. The van der Waals surface area contributed by atoms with Crippen LogP contribution in [0, 0.1) is 0 Å². The highest BCUT2D eigenvalue weighted by Gasteiger charge is 2.22. The van der Waals surface area contributed by atoms with Crippen molar-refractivity contribution in [1.29, 1.82) is 0 Å². The zero-order chi connectivity index (χ0) is 18.6. The summed E-state index contributed by atoms with van der Waals surface area (Å²) in [7, 11) is 0. The largest absolute Gasteiger partial charge is 0.367 e. The van der Waals surface area contributed by atoms with E-state index in [-0.39, 0.29) is 5.91 Å². The zero-order valence-electron chi connectivity index (χ0n) is 15.1. The van der Waals surface area contributed by atoms with Gasteiger partial charge in [-0.2, -0.15) is 4.98 Å². The minimum atomic E-state index is -0.0922. The first kappa shape index (κ1) is 17.0. The minimum absolute atomic E-state index is 0.0922. The van der Waals surface area contributed by atoms with Crippen LogP contribution in [0.5, 0.6) is 0 Å². The molecule has 0 atom stereocenters. The van der Waals surface area contributed by atoms with Crippen molar-refractivity contribution < 1.29 is 4.79 Å². The standard InChI is InChI=1S/C21H21N5O/c1-14(27)22-16-7-11-18(12-8-16)24-21-25-19(15-5-3-2-4-6-15)13-20(26-21)23-17-9-10-17/h2-8,11-13,17H,9-10H2,1H3,(H,22,27)(H2,23,24,25,26). The Labute approximate surface area is 158 Å². The quantitative estimate of drug-likeness (QED) is 0.607. The number of carbonyl (C=O) groups is 1. The lowest BCUT2D eigenvalue weighted by molar-refractivity contribution is -0.114. The number of hydrogen-bond donors (Lipinski definition) is 3. The summed E-state index contributed by atoms with van der Waals surface area (Å²) >= 11 is 0. The Morgan fingerprint density at radius 1 is 0.963 bits per heavy atom. The third kappa shape index (κ3) is 4.61. The van der Waals surface area contributed by atoms with E-state index in [1.807, 2.05) is 60.7 Å². The van der Waals surface area contributed by atoms with E-state index in [2.05, 4.69) is 25.9 Å². The molecule has 2 aromatic carbocycles. The monoisotopic (exact) mass is 359 g/mol. The molecule has 1 aromatic heterocycles. The summed E-state index contributed by atoms with van der Waals surface area (Å²) in [5.41, 5.74) is 3.52. The average molecular weight is 359 g/mol. The Kier molecular flexibility index (Phi) is 4.70. The minimum Gasteiger partial charge on any atom is -0.367 e. The summed E-state index contributed by atoms with van der Waals surface area (Å²) < 4.78 is 0. The third-order valence-corrected chi connectivity index (χ3v) is 4.19. The highest BCUT2D eigenvalue weighted by Crippen LogP contribution is 2.28. The van der Waals surface area contributed by atoms with Crippen LogP contribution in [0.2, 0.25) is 0 Å². The van der Waals surface area contributed by atoms with Gasteiger partial charge in [0.2, 0.25) is 11.9 Å². The van der Waals surface area contributed by atoms with Gasteiger partial charge in [0.25, 0.3) is 0 Å². The fourth-order valence-corrected chi connectivity index (χ4v) is 2.74. The molecule has 0 aliphatic heterocycles. The van der Waals surface area contributed by atoms with Crippen molar-refractivity contribution >= 4 is 29.0 Å². The Bertz CT molecular complexity index is 937. The first-order valence-electron chi connectivity index (χ1n) is 9.01. The van der Waals surface area contributed by atoms with Crippen LogP contribution in [0.4, 0.5) is 23.1 Å². The number of hydrogen-bond acceptors (Lipinski definition) is 5. The van der Waals surface area contributed by atoms with Crippen LogP contribution in [-0.4, -0.2) is 21.9 Å². The van der Waals surface area contributed by atoms with Crippen molar-refractivity contribution in [3.8, 4) is 11.3 Å².